The van der Waals surface area contributed by atoms with E-state index in [4.69, 9.17) is 60.6 Å². The Morgan fingerprint density at radius 2 is 1.50 bits per heavy atom. The minimum absolute atomic E-state index is 0.00253. The van der Waals surface area contributed by atoms with E-state index in [2.05, 4.69) is 0 Å². The zero-order valence-electron chi connectivity index (χ0n) is 14.9. The number of carbonyl (C=O) groups excluding carboxylic acids is 2. The molecule has 0 saturated carbocycles. The van der Waals surface area contributed by atoms with Gasteiger partial charge in [0.05, 0.1) is 21.2 Å². The fourth-order valence-electron chi connectivity index (χ4n) is 2.71. The molecule has 160 valence electrons. The van der Waals surface area contributed by atoms with Crippen LogP contribution in [0.25, 0.3) is 0 Å². The number of halogens is 5. The van der Waals surface area contributed by atoms with Crippen LogP contribution in [-0.4, -0.2) is 48.3 Å². The quantitative estimate of drug-likeness (QED) is 0.601. The van der Waals surface area contributed by atoms with Gasteiger partial charge in [-0.05, 0) is 36.4 Å². The lowest BCUT2D eigenvalue weighted by atomic mass is 10.1. The van der Waals surface area contributed by atoms with Crippen LogP contribution in [0, 0.1) is 0 Å². The van der Waals surface area contributed by atoms with E-state index in [1.54, 1.807) is 0 Å². The van der Waals surface area contributed by atoms with Gasteiger partial charge in [0.1, 0.15) is 12.7 Å². The number of alkyl halides is 1. The first kappa shape index (κ1) is 23.1. The number of aliphatic hydroxyl groups excluding tert-OH is 1. The molecule has 0 radical (unpaired) electrons. The Hall–Kier alpha value is -1.61. The summed E-state index contributed by atoms with van der Waals surface area (Å²) in [7, 11) is 0. The summed E-state index contributed by atoms with van der Waals surface area (Å²) in [4.78, 5) is 24.6. The molecular formula is C19H13Cl4FO6. The van der Waals surface area contributed by atoms with Crippen LogP contribution in [0.1, 0.15) is 20.7 Å². The highest BCUT2D eigenvalue weighted by Gasteiger charge is 2.48. The second kappa shape index (κ2) is 9.68. The molecule has 2 aromatic carbocycles. The third kappa shape index (κ3) is 5.17. The van der Waals surface area contributed by atoms with E-state index in [9.17, 15) is 19.1 Å². The van der Waals surface area contributed by atoms with Crippen LogP contribution in [0.3, 0.4) is 0 Å². The summed E-state index contributed by atoms with van der Waals surface area (Å²) >= 11 is 23.5. The highest BCUT2D eigenvalue weighted by atomic mass is 35.5. The van der Waals surface area contributed by atoms with Gasteiger partial charge in [0.15, 0.2) is 18.6 Å². The van der Waals surface area contributed by atoms with Crippen molar-refractivity contribution in [1.29, 1.82) is 0 Å². The predicted molar refractivity (Wildman–Crippen MR) is 108 cm³/mol. The van der Waals surface area contributed by atoms with Crippen molar-refractivity contribution in [3.63, 3.8) is 0 Å². The molecule has 0 bridgehead atoms. The summed E-state index contributed by atoms with van der Waals surface area (Å²) in [6, 6.07) is 8.19. The van der Waals surface area contributed by atoms with Gasteiger partial charge < -0.3 is 19.3 Å². The number of carbonyl (C=O) groups is 2. The van der Waals surface area contributed by atoms with Crippen LogP contribution >= 0.6 is 46.4 Å². The predicted octanol–water partition coefficient (Wildman–Crippen LogP) is 4.74. The number of aliphatic hydroxyl groups is 1. The van der Waals surface area contributed by atoms with Crippen molar-refractivity contribution in [2.24, 2.45) is 0 Å². The number of rotatable bonds is 5. The zero-order chi connectivity index (χ0) is 22.0. The minimum Gasteiger partial charge on any atom is -0.459 e. The van der Waals surface area contributed by atoms with E-state index in [1.165, 1.54) is 36.4 Å². The normalized spacial score (nSPS) is 23.3. The van der Waals surface area contributed by atoms with Gasteiger partial charge in [0.2, 0.25) is 0 Å². The number of hydrogen-bond acceptors (Lipinski definition) is 6. The molecule has 0 aromatic heterocycles. The third-order valence-electron chi connectivity index (χ3n) is 4.19. The maximum Gasteiger partial charge on any atom is 0.340 e. The van der Waals surface area contributed by atoms with Crippen LogP contribution in [0.2, 0.25) is 20.1 Å². The summed E-state index contributed by atoms with van der Waals surface area (Å²) in [5.41, 5.74) is -0.0313. The maximum atomic E-state index is 14.3. The summed E-state index contributed by atoms with van der Waals surface area (Å²) in [5.74, 6) is -1.79. The van der Waals surface area contributed by atoms with Crippen molar-refractivity contribution in [2.75, 3.05) is 6.61 Å². The summed E-state index contributed by atoms with van der Waals surface area (Å²) in [5, 5.41) is 10.3. The minimum atomic E-state index is -2.07. The molecule has 0 amide bonds. The second-order valence-electron chi connectivity index (χ2n) is 6.23. The Morgan fingerprint density at radius 1 is 0.967 bits per heavy atom. The first-order valence-corrected chi connectivity index (χ1v) is 9.94. The molecule has 1 aliphatic rings. The Bertz CT molecular complexity index is 972. The Balaban J connectivity index is 1.69. The van der Waals surface area contributed by atoms with Gasteiger partial charge >= 0.3 is 11.9 Å². The average Bonchev–Trinajstić information content (AvgIpc) is 2.93. The van der Waals surface area contributed by atoms with E-state index in [-0.39, 0.29) is 21.2 Å². The highest BCUT2D eigenvalue weighted by Crippen LogP contribution is 2.29. The Labute approximate surface area is 190 Å². The van der Waals surface area contributed by atoms with E-state index >= 15 is 0 Å². The molecule has 1 saturated heterocycles. The smallest absolute Gasteiger partial charge is 0.340 e. The Morgan fingerprint density at radius 3 is 2.03 bits per heavy atom. The monoisotopic (exact) mass is 496 g/mol. The summed E-state index contributed by atoms with van der Waals surface area (Å²) in [6.45, 7) is -0.512. The van der Waals surface area contributed by atoms with Gasteiger partial charge in [0, 0.05) is 10.0 Å². The molecule has 6 nitrogen and oxygen atoms in total. The molecule has 11 heteroatoms. The molecule has 4 atom stereocenters. The van der Waals surface area contributed by atoms with E-state index < -0.39 is 43.2 Å². The molecule has 0 aliphatic carbocycles. The molecule has 1 N–H and O–H groups in total. The molecule has 0 spiro atoms. The lowest BCUT2D eigenvalue weighted by Crippen LogP contribution is -2.37. The van der Waals surface area contributed by atoms with Crippen LogP contribution < -0.4 is 0 Å². The molecule has 3 rings (SSSR count). The van der Waals surface area contributed by atoms with Crippen molar-refractivity contribution in [3.8, 4) is 0 Å². The van der Waals surface area contributed by atoms with Gasteiger partial charge in [-0.3, -0.25) is 0 Å². The maximum absolute atomic E-state index is 14.3. The van der Waals surface area contributed by atoms with Gasteiger partial charge in [0.25, 0.3) is 0 Å². The third-order valence-corrected chi connectivity index (χ3v) is 5.29. The molecule has 1 unspecified atom stereocenters. The number of esters is 2. The fraction of sp³-hybridized carbons (Fsp3) is 0.263. The number of ether oxygens (including phenoxy) is 3. The first-order chi connectivity index (χ1) is 14.2. The van der Waals surface area contributed by atoms with Crippen LogP contribution in [0.15, 0.2) is 36.4 Å². The fourth-order valence-corrected chi connectivity index (χ4v) is 3.68. The SMILES string of the molecule is O=C(OC[C@H]1OC(O)[C@@H](F)[C@@H]1OC(=O)c1ccc(Cl)cc1Cl)c1ccc(Cl)cc1Cl. The summed E-state index contributed by atoms with van der Waals surface area (Å²) in [6.07, 6.45) is -6.75. The topological polar surface area (TPSA) is 82.1 Å². The van der Waals surface area contributed by atoms with Gasteiger partial charge in [-0.1, -0.05) is 46.4 Å². The number of hydrogen-bond donors (Lipinski definition) is 1. The van der Waals surface area contributed by atoms with Crippen molar-refractivity contribution in [3.05, 3.63) is 67.6 Å². The molecule has 1 aliphatic heterocycles. The lowest BCUT2D eigenvalue weighted by molar-refractivity contribution is -0.122. The van der Waals surface area contributed by atoms with Crippen molar-refractivity contribution >= 4 is 58.3 Å². The van der Waals surface area contributed by atoms with Crippen molar-refractivity contribution in [1.82, 2.24) is 0 Å². The second-order valence-corrected chi connectivity index (χ2v) is 7.91. The van der Waals surface area contributed by atoms with Gasteiger partial charge in [-0.25, -0.2) is 14.0 Å². The molecular weight excluding hydrogens is 485 g/mol. The molecule has 2 aromatic rings. The van der Waals surface area contributed by atoms with Crippen molar-refractivity contribution in [2.45, 2.75) is 24.7 Å². The molecule has 1 fully saturated rings. The average molecular weight is 498 g/mol. The van der Waals surface area contributed by atoms with Gasteiger partial charge in [-0.15, -0.1) is 0 Å². The van der Waals surface area contributed by atoms with Gasteiger partial charge in [-0.2, -0.15) is 0 Å². The summed E-state index contributed by atoms with van der Waals surface area (Å²) < 4.78 is 29.6. The van der Waals surface area contributed by atoms with Crippen LogP contribution in [-0.2, 0) is 14.2 Å². The van der Waals surface area contributed by atoms with E-state index in [0.717, 1.165) is 0 Å². The Kier molecular flexibility index (Phi) is 7.44. The molecule has 30 heavy (non-hydrogen) atoms. The van der Waals surface area contributed by atoms with E-state index in [0.29, 0.717) is 10.0 Å². The highest BCUT2D eigenvalue weighted by molar-refractivity contribution is 6.37. The molecule has 1 heterocycles. The van der Waals surface area contributed by atoms with Crippen molar-refractivity contribution < 1.29 is 33.3 Å². The van der Waals surface area contributed by atoms with E-state index in [1.807, 2.05) is 0 Å². The lowest BCUT2D eigenvalue weighted by Gasteiger charge is -2.20. The number of benzene rings is 2. The standard InChI is InChI=1S/C19H13Cl4FO6/c20-8-1-3-10(12(22)5-8)17(25)28-7-14-16(15(24)19(27)29-14)30-18(26)11-4-2-9(21)6-13(11)23/h1-6,14-16,19,27H,7H2/t14-,15+,16-,19?/m1/s1. The van der Waals surface area contributed by atoms with Crippen LogP contribution in [0.5, 0.6) is 0 Å². The van der Waals surface area contributed by atoms with Crippen LogP contribution in [0.4, 0.5) is 4.39 Å². The zero-order valence-corrected chi connectivity index (χ0v) is 17.9. The first-order valence-electron chi connectivity index (χ1n) is 8.43. The largest absolute Gasteiger partial charge is 0.459 e.